The Labute approximate surface area is 288 Å². The van der Waals surface area contributed by atoms with Gasteiger partial charge < -0.3 is 8.83 Å². The summed E-state index contributed by atoms with van der Waals surface area (Å²) in [7, 11) is 0. The second kappa shape index (κ2) is 10.7. The Morgan fingerprint density at radius 1 is 0.400 bits per heavy atom. The maximum absolute atomic E-state index is 6.56. The molecule has 2 nitrogen and oxygen atoms in total. The third kappa shape index (κ3) is 4.09. The molecule has 0 radical (unpaired) electrons. The van der Waals surface area contributed by atoms with Crippen LogP contribution in [-0.2, 0) is 0 Å². The largest absolute Gasteiger partial charge is 0.456 e. The minimum absolute atomic E-state index is 0.890. The average molecular weight is 641 g/mol. The molecule has 2 heterocycles. The molecule has 236 valence electrons. The Hall–Kier alpha value is -6.12. The maximum Gasteiger partial charge on any atom is 0.143 e. The van der Waals surface area contributed by atoms with Crippen molar-refractivity contribution in [2.45, 2.75) is 25.7 Å². The van der Waals surface area contributed by atoms with Gasteiger partial charge in [0.05, 0.1) is 0 Å². The zero-order chi connectivity index (χ0) is 32.8. The highest BCUT2D eigenvalue weighted by Crippen LogP contribution is 2.45. The van der Waals surface area contributed by atoms with E-state index in [1.807, 2.05) is 12.1 Å². The van der Waals surface area contributed by atoms with Gasteiger partial charge in [0, 0.05) is 26.9 Å². The first-order valence-corrected chi connectivity index (χ1v) is 17.7. The van der Waals surface area contributed by atoms with Crippen molar-refractivity contribution in [1.29, 1.82) is 0 Å². The third-order valence-electron chi connectivity index (χ3n) is 11.1. The van der Waals surface area contributed by atoms with Gasteiger partial charge in [0.2, 0.25) is 0 Å². The first-order valence-electron chi connectivity index (χ1n) is 17.7. The van der Waals surface area contributed by atoms with Crippen LogP contribution in [0.25, 0.3) is 92.9 Å². The van der Waals surface area contributed by atoms with E-state index in [0.29, 0.717) is 0 Å². The predicted molar refractivity (Wildman–Crippen MR) is 211 cm³/mol. The van der Waals surface area contributed by atoms with Gasteiger partial charge >= 0.3 is 0 Å². The van der Waals surface area contributed by atoms with E-state index >= 15 is 0 Å². The molecule has 9 aromatic rings. The SMILES string of the molecule is C1=CCCC(c2c3ccccc3c(C3=CC=C(c4ccc5oc6c7cc8oc9ccccc9c8cc7ccc6c5c4)CC3)c3ccccc23)=C1. The molecule has 7 aromatic carbocycles. The molecule has 0 bridgehead atoms. The number of furan rings is 2. The summed E-state index contributed by atoms with van der Waals surface area (Å²) in [5.41, 5.74) is 11.9. The van der Waals surface area contributed by atoms with Crippen LogP contribution >= 0.6 is 0 Å². The van der Waals surface area contributed by atoms with Crippen LogP contribution in [0.3, 0.4) is 0 Å². The van der Waals surface area contributed by atoms with Gasteiger partial charge in [0.15, 0.2) is 0 Å². The molecule has 0 saturated carbocycles. The lowest BCUT2D eigenvalue weighted by atomic mass is 9.81. The Kier molecular flexibility index (Phi) is 5.94. The van der Waals surface area contributed by atoms with E-state index < -0.39 is 0 Å². The fourth-order valence-corrected chi connectivity index (χ4v) is 8.70. The van der Waals surface area contributed by atoms with Gasteiger partial charge in [-0.25, -0.2) is 0 Å². The Morgan fingerprint density at radius 2 is 1.04 bits per heavy atom. The quantitative estimate of drug-likeness (QED) is 0.180. The summed E-state index contributed by atoms with van der Waals surface area (Å²) in [5, 5.41) is 12.2. The van der Waals surface area contributed by atoms with Crippen molar-refractivity contribution in [3.8, 4) is 0 Å². The molecule has 0 atom stereocenters. The molecule has 11 rings (SSSR count). The molecule has 50 heavy (non-hydrogen) atoms. The smallest absolute Gasteiger partial charge is 0.143 e. The van der Waals surface area contributed by atoms with Crippen LogP contribution in [0.4, 0.5) is 0 Å². The zero-order valence-corrected chi connectivity index (χ0v) is 27.5. The van der Waals surface area contributed by atoms with Crippen molar-refractivity contribution in [2.75, 3.05) is 0 Å². The van der Waals surface area contributed by atoms with Gasteiger partial charge in [0.1, 0.15) is 22.3 Å². The molecule has 0 amide bonds. The molecule has 2 aliphatic rings. The molecule has 2 heteroatoms. The topological polar surface area (TPSA) is 26.3 Å². The van der Waals surface area contributed by atoms with Gasteiger partial charge in [-0.15, -0.1) is 0 Å². The highest BCUT2D eigenvalue weighted by atomic mass is 16.3. The zero-order valence-electron chi connectivity index (χ0n) is 27.5. The lowest BCUT2D eigenvalue weighted by Crippen LogP contribution is -1.99. The summed E-state index contributed by atoms with van der Waals surface area (Å²) in [4.78, 5) is 0. The number of fused-ring (bicyclic) bond motifs is 10. The van der Waals surface area contributed by atoms with Crippen LogP contribution < -0.4 is 0 Å². The average Bonchev–Trinajstić information content (AvgIpc) is 3.74. The predicted octanol–water partition coefficient (Wildman–Crippen LogP) is 13.9. The van der Waals surface area contributed by atoms with Gasteiger partial charge in [-0.1, -0.05) is 109 Å². The number of para-hydroxylation sites is 1. The summed E-state index contributed by atoms with van der Waals surface area (Å²) in [6.45, 7) is 0. The second-order valence-electron chi connectivity index (χ2n) is 13.8. The number of hydrogen-bond donors (Lipinski definition) is 0. The van der Waals surface area contributed by atoms with Crippen molar-refractivity contribution < 1.29 is 8.83 Å². The molecule has 0 spiro atoms. The van der Waals surface area contributed by atoms with E-state index in [1.54, 1.807) is 0 Å². The summed E-state index contributed by atoms with van der Waals surface area (Å²) in [6, 6.07) is 41.8. The Bertz CT molecular complexity index is 2970. The van der Waals surface area contributed by atoms with Gasteiger partial charge in [0.25, 0.3) is 0 Å². The minimum atomic E-state index is 0.890. The van der Waals surface area contributed by atoms with E-state index in [2.05, 4.69) is 134 Å². The van der Waals surface area contributed by atoms with Crippen molar-refractivity contribution in [1.82, 2.24) is 0 Å². The first-order chi connectivity index (χ1) is 24.8. The van der Waals surface area contributed by atoms with Gasteiger partial charge in [-0.3, -0.25) is 0 Å². The van der Waals surface area contributed by atoms with Crippen molar-refractivity contribution in [3.05, 3.63) is 162 Å². The standard InChI is InChI=1S/C48H32O2/c1-2-10-30(11-3-1)46-35-13-4-6-15-37(35)47(38-16-7-5-14-36(38)46)31-20-18-29(19-21-31)32-23-25-44-42(26-32)39-24-22-33-27-41-34-12-8-9-17-43(34)49-45(41)28-40(33)48(39)50-44/h1-2,4-10,12-18,20,22-28H,3,11,19,21H2. The molecule has 0 fully saturated rings. The fraction of sp³-hybridized carbons (Fsp3) is 0.0833. The van der Waals surface area contributed by atoms with Crippen molar-refractivity contribution in [2.24, 2.45) is 0 Å². The lowest BCUT2D eigenvalue weighted by Gasteiger charge is -2.22. The van der Waals surface area contributed by atoms with Crippen molar-refractivity contribution >= 4 is 92.9 Å². The lowest BCUT2D eigenvalue weighted by molar-refractivity contribution is 0.667. The molecular weight excluding hydrogens is 609 g/mol. The van der Waals surface area contributed by atoms with Crippen LogP contribution in [0.15, 0.2) is 154 Å². The first kappa shape index (κ1) is 27.8. The highest BCUT2D eigenvalue weighted by molar-refractivity contribution is 6.20. The number of benzene rings is 7. The van der Waals surface area contributed by atoms with E-state index in [0.717, 1.165) is 80.3 Å². The normalized spacial score (nSPS) is 15.2. The second-order valence-corrected chi connectivity index (χ2v) is 13.8. The van der Waals surface area contributed by atoms with Gasteiger partial charge in [-0.05, 0) is 122 Å². The molecule has 0 unspecified atom stereocenters. The number of allylic oxidation sites excluding steroid dienone is 8. The van der Waals surface area contributed by atoms with E-state index in [9.17, 15) is 0 Å². The Morgan fingerprint density at radius 3 is 1.74 bits per heavy atom. The van der Waals surface area contributed by atoms with E-state index in [4.69, 9.17) is 8.83 Å². The summed E-state index contributed by atoms with van der Waals surface area (Å²) < 4.78 is 12.8. The molecule has 0 N–H and O–H groups in total. The summed E-state index contributed by atoms with van der Waals surface area (Å²) >= 11 is 0. The van der Waals surface area contributed by atoms with E-state index in [-0.39, 0.29) is 0 Å². The summed E-state index contributed by atoms with van der Waals surface area (Å²) in [5.74, 6) is 0. The monoisotopic (exact) mass is 640 g/mol. The number of rotatable bonds is 3. The molecule has 0 aliphatic heterocycles. The van der Waals surface area contributed by atoms with E-state index in [1.165, 1.54) is 55.0 Å². The Balaban J connectivity index is 1.03. The third-order valence-corrected chi connectivity index (χ3v) is 11.1. The van der Waals surface area contributed by atoms with Crippen LogP contribution in [-0.4, -0.2) is 0 Å². The fourth-order valence-electron chi connectivity index (χ4n) is 8.70. The van der Waals surface area contributed by atoms with Crippen LogP contribution in [0, 0.1) is 0 Å². The maximum atomic E-state index is 6.56. The number of hydrogen-bond acceptors (Lipinski definition) is 2. The molecular formula is C48H32O2. The van der Waals surface area contributed by atoms with Gasteiger partial charge in [-0.2, -0.15) is 0 Å². The summed E-state index contributed by atoms with van der Waals surface area (Å²) in [6.07, 6.45) is 15.7. The molecule has 2 aromatic heterocycles. The van der Waals surface area contributed by atoms with Crippen LogP contribution in [0.1, 0.15) is 42.4 Å². The molecule has 0 saturated heterocycles. The highest BCUT2D eigenvalue weighted by Gasteiger charge is 2.21. The minimum Gasteiger partial charge on any atom is -0.456 e. The van der Waals surface area contributed by atoms with Crippen molar-refractivity contribution in [3.63, 3.8) is 0 Å². The molecule has 2 aliphatic carbocycles. The van der Waals surface area contributed by atoms with Crippen LogP contribution in [0.5, 0.6) is 0 Å². The van der Waals surface area contributed by atoms with Crippen LogP contribution in [0.2, 0.25) is 0 Å².